The van der Waals surface area contributed by atoms with E-state index in [2.05, 4.69) is 47.8 Å². The van der Waals surface area contributed by atoms with Gasteiger partial charge in [-0.2, -0.15) is 0 Å². The average molecular weight is 522 g/mol. The molecule has 0 saturated carbocycles. The van der Waals surface area contributed by atoms with Crippen molar-refractivity contribution in [3.8, 4) is 0 Å². The molecular weight excluding hydrogens is 510 g/mol. The summed E-state index contributed by atoms with van der Waals surface area (Å²) in [6.07, 6.45) is 6.53. The number of esters is 2. The molecule has 24 heavy (non-hydrogen) atoms. The molecule has 1 aromatic carbocycles. The molecule has 0 N–H and O–H groups in total. The van der Waals surface area contributed by atoms with Crippen molar-refractivity contribution in [2.75, 3.05) is 19.1 Å². The number of hydrogen-bond acceptors (Lipinski definition) is 5. The number of benzene rings is 1. The number of ether oxygens (including phenoxy) is 2. The Morgan fingerprint density at radius 1 is 0.958 bits per heavy atom. The third-order valence-electron chi connectivity index (χ3n) is 3.11. The van der Waals surface area contributed by atoms with Gasteiger partial charge in [-0.3, -0.25) is 0 Å². The molecule has 1 aliphatic rings. The molecule has 0 unspecified atom stereocenters. The predicted octanol–water partition coefficient (Wildman–Crippen LogP) is 4.46. The molecule has 1 aliphatic heterocycles. The van der Waals surface area contributed by atoms with Gasteiger partial charge in [0.15, 0.2) is 0 Å². The largest absolute Gasteiger partial charge is 0.465 e. The van der Waals surface area contributed by atoms with Gasteiger partial charge in [0.2, 0.25) is 0 Å². The minimum absolute atomic E-state index is 0.0538. The summed E-state index contributed by atoms with van der Waals surface area (Å²) in [6, 6.07) is 3.66. The lowest BCUT2D eigenvalue weighted by atomic mass is 10.1. The highest BCUT2D eigenvalue weighted by molar-refractivity contribution is 9.11. The predicted molar refractivity (Wildman–Crippen MR) is 101 cm³/mol. The van der Waals surface area contributed by atoms with Gasteiger partial charge in [-0.05, 0) is 56.1 Å². The van der Waals surface area contributed by atoms with Crippen LogP contribution in [0.5, 0.6) is 0 Å². The number of methoxy groups -OCH3 is 2. The summed E-state index contributed by atoms with van der Waals surface area (Å²) in [5, 5.41) is 0. The number of carbonyl (C=O) groups excluding carboxylic acids is 2. The van der Waals surface area contributed by atoms with E-state index in [1.807, 2.05) is 12.1 Å². The van der Waals surface area contributed by atoms with Crippen LogP contribution in [-0.4, -0.2) is 26.2 Å². The van der Waals surface area contributed by atoms with Crippen LogP contribution in [0.15, 0.2) is 61.2 Å². The van der Waals surface area contributed by atoms with Crippen LogP contribution in [0.2, 0.25) is 0 Å². The molecule has 0 aromatic heterocycles. The Labute approximate surface area is 164 Å². The molecule has 0 radical (unpaired) electrons. The molecule has 0 atom stereocenters. The number of carbonyl (C=O) groups is 2. The standard InChI is InChI=1S/C16H12Br3NO4/c1-23-15(21)10-5-3-4-6-20(13(10)16(22)24-2)14-11(18)7-9(17)8-12(14)19/h3-8H,1-2H3. The molecule has 0 bridgehead atoms. The molecule has 1 heterocycles. The quantitative estimate of drug-likeness (QED) is 0.550. The molecule has 126 valence electrons. The van der Waals surface area contributed by atoms with Crippen LogP contribution < -0.4 is 4.90 Å². The monoisotopic (exact) mass is 519 g/mol. The Hall–Kier alpha value is -1.38. The molecular formula is C16H12Br3NO4. The lowest BCUT2D eigenvalue weighted by Gasteiger charge is -2.25. The number of allylic oxidation sites excluding steroid dienone is 2. The molecule has 2 rings (SSSR count). The van der Waals surface area contributed by atoms with Crippen LogP contribution in [0.1, 0.15) is 0 Å². The number of halogens is 3. The van der Waals surface area contributed by atoms with Crippen LogP contribution in [0.25, 0.3) is 0 Å². The van der Waals surface area contributed by atoms with E-state index >= 15 is 0 Å². The second-order valence-electron chi connectivity index (χ2n) is 4.53. The third-order valence-corrected chi connectivity index (χ3v) is 4.78. The molecule has 0 spiro atoms. The van der Waals surface area contributed by atoms with Crippen LogP contribution >= 0.6 is 47.8 Å². The maximum Gasteiger partial charge on any atom is 0.355 e. The first-order chi connectivity index (χ1) is 11.4. The highest BCUT2D eigenvalue weighted by Crippen LogP contribution is 2.40. The zero-order valence-electron chi connectivity index (χ0n) is 12.7. The van der Waals surface area contributed by atoms with Crippen molar-refractivity contribution in [2.45, 2.75) is 0 Å². The fourth-order valence-electron chi connectivity index (χ4n) is 2.10. The van der Waals surface area contributed by atoms with Crippen molar-refractivity contribution >= 4 is 65.4 Å². The second kappa shape index (κ2) is 8.13. The summed E-state index contributed by atoms with van der Waals surface area (Å²) in [5.41, 5.74) is 0.786. The van der Waals surface area contributed by atoms with E-state index in [1.54, 1.807) is 23.3 Å². The maximum absolute atomic E-state index is 12.4. The summed E-state index contributed by atoms with van der Waals surface area (Å²) >= 11 is 10.4. The van der Waals surface area contributed by atoms with Crippen LogP contribution in [0.3, 0.4) is 0 Å². The maximum atomic E-state index is 12.4. The Kier molecular flexibility index (Phi) is 6.42. The summed E-state index contributed by atoms with van der Waals surface area (Å²) in [7, 11) is 2.51. The van der Waals surface area contributed by atoms with Crippen LogP contribution in [0.4, 0.5) is 5.69 Å². The Bertz CT molecular complexity index is 761. The molecule has 0 amide bonds. The van der Waals surface area contributed by atoms with E-state index < -0.39 is 11.9 Å². The van der Waals surface area contributed by atoms with Crippen molar-refractivity contribution in [1.82, 2.24) is 0 Å². The van der Waals surface area contributed by atoms with Crippen molar-refractivity contribution in [3.63, 3.8) is 0 Å². The molecule has 0 fully saturated rings. The van der Waals surface area contributed by atoms with Gasteiger partial charge < -0.3 is 14.4 Å². The fourth-order valence-corrected chi connectivity index (χ4v) is 4.74. The average Bonchev–Trinajstić information content (AvgIpc) is 2.75. The Morgan fingerprint density at radius 2 is 1.54 bits per heavy atom. The summed E-state index contributed by atoms with van der Waals surface area (Å²) in [4.78, 5) is 26.1. The van der Waals surface area contributed by atoms with E-state index in [9.17, 15) is 9.59 Å². The molecule has 5 nitrogen and oxygen atoms in total. The summed E-state index contributed by atoms with van der Waals surface area (Å²) < 4.78 is 11.9. The van der Waals surface area contributed by atoms with Crippen molar-refractivity contribution < 1.29 is 19.1 Å². The lowest BCUT2D eigenvalue weighted by Crippen LogP contribution is -2.27. The number of anilines is 1. The minimum atomic E-state index is -0.659. The van der Waals surface area contributed by atoms with Crippen molar-refractivity contribution in [2.24, 2.45) is 0 Å². The first-order valence-electron chi connectivity index (χ1n) is 6.60. The molecule has 0 aliphatic carbocycles. The van der Waals surface area contributed by atoms with Gasteiger partial charge >= 0.3 is 11.9 Å². The number of rotatable bonds is 3. The number of hydrogen-bond donors (Lipinski definition) is 0. The number of nitrogens with zero attached hydrogens (tertiary/aromatic N) is 1. The van der Waals surface area contributed by atoms with Gasteiger partial charge in [-0.1, -0.05) is 22.0 Å². The fraction of sp³-hybridized carbons (Fsp3) is 0.125. The highest BCUT2D eigenvalue weighted by atomic mass is 79.9. The van der Waals surface area contributed by atoms with Crippen molar-refractivity contribution in [3.05, 3.63) is 61.2 Å². The minimum Gasteiger partial charge on any atom is -0.465 e. The summed E-state index contributed by atoms with van der Waals surface area (Å²) in [6.45, 7) is 0. The van der Waals surface area contributed by atoms with E-state index in [0.29, 0.717) is 14.6 Å². The van der Waals surface area contributed by atoms with Gasteiger partial charge in [0.05, 0.1) is 25.5 Å². The SMILES string of the molecule is COC(=O)C1=C(C(=O)OC)N(c2c(Br)cc(Br)cc2Br)C=CC=C1. The highest BCUT2D eigenvalue weighted by Gasteiger charge is 2.29. The zero-order chi connectivity index (χ0) is 17.9. The van der Waals surface area contributed by atoms with E-state index in [-0.39, 0.29) is 11.3 Å². The molecule has 8 heteroatoms. The third kappa shape index (κ3) is 3.81. The summed E-state index contributed by atoms with van der Waals surface area (Å²) in [5.74, 6) is -1.29. The van der Waals surface area contributed by atoms with Crippen LogP contribution in [0, 0.1) is 0 Å². The van der Waals surface area contributed by atoms with Gasteiger partial charge in [0, 0.05) is 19.6 Å². The first-order valence-corrected chi connectivity index (χ1v) is 8.98. The van der Waals surface area contributed by atoms with Gasteiger partial charge in [-0.15, -0.1) is 0 Å². The van der Waals surface area contributed by atoms with Gasteiger partial charge in [0.25, 0.3) is 0 Å². The normalized spacial score (nSPS) is 13.8. The first kappa shape index (κ1) is 19.0. The van der Waals surface area contributed by atoms with Gasteiger partial charge in [0.1, 0.15) is 5.70 Å². The van der Waals surface area contributed by atoms with E-state index in [0.717, 1.165) is 4.47 Å². The lowest BCUT2D eigenvalue weighted by molar-refractivity contribution is -0.139. The van der Waals surface area contributed by atoms with E-state index in [1.165, 1.54) is 20.3 Å². The second-order valence-corrected chi connectivity index (χ2v) is 7.16. The van der Waals surface area contributed by atoms with E-state index in [4.69, 9.17) is 9.47 Å². The van der Waals surface area contributed by atoms with Crippen molar-refractivity contribution in [1.29, 1.82) is 0 Å². The zero-order valence-corrected chi connectivity index (χ0v) is 17.4. The smallest absolute Gasteiger partial charge is 0.355 e. The Morgan fingerprint density at radius 3 is 2.08 bits per heavy atom. The molecule has 1 aromatic rings. The topological polar surface area (TPSA) is 55.8 Å². The van der Waals surface area contributed by atoms with Crippen LogP contribution in [-0.2, 0) is 19.1 Å². The van der Waals surface area contributed by atoms with Gasteiger partial charge in [-0.25, -0.2) is 9.59 Å². The Balaban J connectivity index is 2.75. The molecule has 0 saturated heterocycles.